The van der Waals surface area contributed by atoms with E-state index in [4.69, 9.17) is 11.6 Å². The average Bonchev–Trinajstić information content (AvgIpc) is 2.02. The van der Waals surface area contributed by atoms with Gasteiger partial charge in [-0.2, -0.15) is 0 Å². The van der Waals surface area contributed by atoms with Gasteiger partial charge in [-0.15, -0.1) is 10.2 Å². The lowest BCUT2D eigenvalue weighted by molar-refractivity contribution is 0.0884. The van der Waals surface area contributed by atoms with Gasteiger partial charge < -0.3 is 10.0 Å². The molecule has 0 aliphatic rings. The number of anilines is 1. The first kappa shape index (κ1) is 11.2. The Kier molecular flexibility index (Phi) is 3.29. The SMILES string of the molecule is CN(CC(C)(C)O)c1ccc(Cl)nn1. The molecule has 1 N–H and O–H groups in total. The maximum absolute atomic E-state index is 9.59. The maximum Gasteiger partial charge on any atom is 0.151 e. The first-order chi connectivity index (χ1) is 6.38. The van der Waals surface area contributed by atoms with Crippen molar-refractivity contribution in [2.24, 2.45) is 0 Å². The smallest absolute Gasteiger partial charge is 0.151 e. The molecule has 0 fully saturated rings. The number of halogens is 1. The molecule has 14 heavy (non-hydrogen) atoms. The quantitative estimate of drug-likeness (QED) is 0.827. The first-order valence-electron chi connectivity index (χ1n) is 4.31. The van der Waals surface area contributed by atoms with Crippen LogP contribution in [-0.4, -0.2) is 34.5 Å². The number of hydrogen-bond acceptors (Lipinski definition) is 4. The van der Waals surface area contributed by atoms with Crippen LogP contribution in [0, 0.1) is 0 Å². The van der Waals surface area contributed by atoms with Gasteiger partial charge in [0.05, 0.1) is 5.60 Å². The second kappa shape index (κ2) is 4.11. The van der Waals surface area contributed by atoms with Crippen LogP contribution in [-0.2, 0) is 0 Å². The van der Waals surface area contributed by atoms with E-state index in [-0.39, 0.29) is 0 Å². The van der Waals surface area contributed by atoms with Crippen LogP contribution in [0.5, 0.6) is 0 Å². The van der Waals surface area contributed by atoms with E-state index in [1.807, 2.05) is 11.9 Å². The lowest BCUT2D eigenvalue weighted by atomic mass is 10.1. The van der Waals surface area contributed by atoms with Crippen molar-refractivity contribution in [3.63, 3.8) is 0 Å². The lowest BCUT2D eigenvalue weighted by Crippen LogP contribution is -2.36. The van der Waals surface area contributed by atoms with Crippen LogP contribution >= 0.6 is 11.6 Å². The Morgan fingerprint density at radius 3 is 2.50 bits per heavy atom. The molecule has 0 atom stereocenters. The van der Waals surface area contributed by atoms with Crippen molar-refractivity contribution in [3.8, 4) is 0 Å². The van der Waals surface area contributed by atoms with E-state index in [1.165, 1.54) is 0 Å². The lowest BCUT2D eigenvalue weighted by Gasteiger charge is -2.25. The zero-order chi connectivity index (χ0) is 10.8. The summed E-state index contributed by atoms with van der Waals surface area (Å²) in [5.41, 5.74) is -0.754. The van der Waals surface area contributed by atoms with E-state index in [9.17, 15) is 5.11 Å². The highest BCUT2D eigenvalue weighted by atomic mass is 35.5. The molecule has 0 aliphatic heterocycles. The highest BCUT2D eigenvalue weighted by molar-refractivity contribution is 6.29. The van der Waals surface area contributed by atoms with Gasteiger partial charge in [0.1, 0.15) is 0 Å². The van der Waals surface area contributed by atoms with Crippen molar-refractivity contribution in [1.82, 2.24) is 10.2 Å². The van der Waals surface area contributed by atoms with Crippen molar-refractivity contribution in [2.45, 2.75) is 19.4 Å². The van der Waals surface area contributed by atoms with Gasteiger partial charge >= 0.3 is 0 Å². The average molecular weight is 216 g/mol. The Morgan fingerprint density at radius 2 is 2.07 bits per heavy atom. The van der Waals surface area contributed by atoms with E-state index in [1.54, 1.807) is 26.0 Å². The number of rotatable bonds is 3. The van der Waals surface area contributed by atoms with Crippen LogP contribution in [0.25, 0.3) is 0 Å². The molecule has 0 radical (unpaired) electrons. The molecular formula is C9H14ClN3O. The summed E-state index contributed by atoms with van der Waals surface area (Å²) in [5.74, 6) is 0.691. The van der Waals surface area contributed by atoms with Gasteiger partial charge in [0.15, 0.2) is 11.0 Å². The number of nitrogens with zero attached hydrogens (tertiary/aromatic N) is 3. The Labute approximate surface area is 88.5 Å². The number of aromatic nitrogens is 2. The van der Waals surface area contributed by atoms with E-state index in [0.717, 1.165) is 0 Å². The Bertz CT molecular complexity index is 294. The van der Waals surface area contributed by atoms with Crippen LogP contribution in [0.15, 0.2) is 12.1 Å². The summed E-state index contributed by atoms with van der Waals surface area (Å²) >= 11 is 5.61. The highest BCUT2D eigenvalue weighted by Gasteiger charge is 2.16. The molecule has 1 heterocycles. The molecule has 1 aromatic heterocycles. The molecule has 5 heteroatoms. The van der Waals surface area contributed by atoms with E-state index < -0.39 is 5.60 Å². The summed E-state index contributed by atoms with van der Waals surface area (Å²) in [6.07, 6.45) is 0. The number of likely N-dealkylation sites (N-methyl/N-ethyl adjacent to an activating group) is 1. The summed E-state index contributed by atoms with van der Waals surface area (Å²) in [5, 5.41) is 17.6. The highest BCUT2D eigenvalue weighted by Crippen LogP contribution is 2.13. The van der Waals surface area contributed by atoms with Gasteiger partial charge in [-0.05, 0) is 26.0 Å². The molecule has 1 rings (SSSR count). The van der Waals surface area contributed by atoms with Crippen molar-refractivity contribution in [2.75, 3.05) is 18.5 Å². The summed E-state index contributed by atoms with van der Waals surface area (Å²) in [4.78, 5) is 1.82. The van der Waals surface area contributed by atoms with Crippen molar-refractivity contribution in [1.29, 1.82) is 0 Å². The fourth-order valence-corrected chi connectivity index (χ4v) is 1.27. The van der Waals surface area contributed by atoms with Crippen LogP contribution in [0.2, 0.25) is 5.15 Å². The van der Waals surface area contributed by atoms with Crippen molar-refractivity contribution >= 4 is 17.4 Å². The topological polar surface area (TPSA) is 49.2 Å². The predicted octanol–water partition coefficient (Wildman–Crippen LogP) is 1.34. The number of hydrogen-bond donors (Lipinski definition) is 1. The standard InChI is InChI=1S/C9H14ClN3O/c1-9(2,14)6-13(3)8-5-4-7(10)11-12-8/h4-5,14H,6H2,1-3H3. The Hall–Kier alpha value is -0.870. The molecule has 0 aromatic carbocycles. The second-order valence-electron chi connectivity index (χ2n) is 3.88. The fraction of sp³-hybridized carbons (Fsp3) is 0.556. The molecule has 4 nitrogen and oxygen atoms in total. The molecule has 0 amide bonds. The third-order valence-electron chi connectivity index (χ3n) is 1.63. The van der Waals surface area contributed by atoms with Crippen LogP contribution < -0.4 is 4.90 Å². The van der Waals surface area contributed by atoms with E-state index >= 15 is 0 Å². The summed E-state index contributed by atoms with van der Waals surface area (Å²) in [6.45, 7) is 3.98. The van der Waals surface area contributed by atoms with Crippen molar-refractivity contribution < 1.29 is 5.11 Å². The fourth-order valence-electron chi connectivity index (χ4n) is 1.17. The molecule has 0 spiro atoms. The third-order valence-corrected chi connectivity index (χ3v) is 1.83. The van der Waals surface area contributed by atoms with Gasteiger partial charge in [-0.25, -0.2) is 0 Å². The van der Waals surface area contributed by atoms with Crippen LogP contribution in [0.4, 0.5) is 5.82 Å². The second-order valence-corrected chi connectivity index (χ2v) is 4.27. The number of aliphatic hydroxyl groups is 1. The van der Waals surface area contributed by atoms with Crippen LogP contribution in [0.3, 0.4) is 0 Å². The minimum atomic E-state index is -0.754. The van der Waals surface area contributed by atoms with Gasteiger partial charge in [0.2, 0.25) is 0 Å². The minimum absolute atomic E-state index is 0.366. The molecule has 0 unspecified atom stereocenters. The molecule has 0 bridgehead atoms. The predicted molar refractivity (Wildman–Crippen MR) is 56.6 cm³/mol. The maximum atomic E-state index is 9.59. The van der Waals surface area contributed by atoms with E-state index in [2.05, 4.69) is 10.2 Å². The largest absolute Gasteiger partial charge is 0.389 e. The van der Waals surface area contributed by atoms with Crippen molar-refractivity contribution in [3.05, 3.63) is 17.3 Å². The molecule has 1 aromatic rings. The summed E-state index contributed by atoms with van der Waals surface area (Å²) < 4.78 is 0. The summed E-state index contributed by atoms with van der Waals surface area (Å²) in [6, 6.07) is 3.44. The summed E-state index contributed by atoms with van der Waals surface area (Å²) in [7, 11) is 1.84. The molecule has 78 valence electrons. The first-order valence-corrected chi connectivity index (χ1v) is 4.69. The Balaban J connectivity index is 2.70. The van der Waals surface area contributed by atoms with Gasteiger partial charge in [-0.1, -0.05) is 11.6 Å². The monoisotopic (exact) mass is 215 g/mol. The normalized spacial score (nSPS) is 11.5. The minimum Gasteiger partial charge on any atom is -0.389 e. The molecule has 0 saturated carbocycles. The van der Waals surface area contributed by atoms with Gasteiger partial charge in [-0.3, -0.25) is 0 Å². The Morgan fingerprint density at radius 1 is 1.43 bits per heavy atom. The zero-order valence-electron chi connectivity index (χ0n) is 8.53. The zero-order valence-corrected chi connectivity index (χ0v) is 9.28. The molecular weight excluding hydrogens is 202 g/mol. The van der Waals surface area contributed by atoms with E-state index in [0.29, 0.717) is 17.5 Å². The third kappa shape index (κ3) is 3.47. The van der Waals surface area contributed by atoms with Crippen LogP contribution in [0.1, 0.15) is 13.8 Å². The molecule has 0 aliphatic carbocycles. The van der Waals surface area contributed by atoms with Gasteiger partial charge in [0.25, 0.3) is 0 Å². The van der Waals surface area contributed by atoms with Gasteiger partial charge in [0, 0.05) is 13.6 Å². The molecule has 0 saturated heterocycles.